The van der Waals surface area contributed by atoms with Gasteiger partial charge in [0.05, 0.1) is 17.8 Å². The third-order valence-electron chi connectivity index (χ3n) is 3.36. The third kappa shape index (κ3) is 1.42. The lowest BCUT2D eigenvalue weighted by molar-refractivity contribution is -0.153. The van der Waals surface area contributed by atoms with E-state index in [0.717, 1.165) is 12.8 Å². The van der Waals surface area contributed by atoms with Crippen LogP contribution in [0.1, 0.15) is 33.6 Å². The predicted octanol–water partition coefficient (Wildman–Crippen LogP) is 1.88. The van der Waals surface area contributed by atoms with Crippen molar-refractivity contribution in [2.24, 2.45) is 5.41 Å². The Morgan fingerprint density at radius 1 is 1.23 bits per heavy atom. The maximum Gasteiger partial charge on any atom is 0.0792 e. The first kappa shape index (κ1) is 9.22. The molecule has 2 aliphatic heterocycles. The second kappa shape index (κ2) is 2.58. The molecule has 0 aromatic rings. The first-order valence-electron chi connectivity index (χ1n) is 4.97. The zero-order valence-electron chi connectivity index (χ0n) is 8.58. The van der Waals surface area contributed by atoms with Gasteiger partial charge in [-0.05, 0) is 5.41 Å². The average Bonchev–Trinajstić information content (AvgIpc) is 2.28. The predicted molar refractivity (Wildman–Crippen MR) is 51.4 cm³/mol. The first-order valence-corrected chi connectivity index (χ1v) is 4.97. The molecule has 0 radical (unpaired) electrons. The largest absolute Gasteiger partial charge is 0.389 e. The van der Waals surface area contributed by atoms with E-state index in [1.807, 2.05) is 0 Å². The van der Waals surface area contributed by atoms with Gasteiger partial charge in [0.1, 0.15) is 0 Å². The summed E-state index contributed by atoms with van der Waals surface area (Å²) >= 11 is 0. The van der Waals surface area contributed by atoms with Crippen LogP contribution in [0.15, 0.2) is 12.2 Å². The highest BCUT2D eigenvalue weighted by Crippen LogP contribution is 2.44. The molecule has 2 heteroatoms. The Labute approximate surface area is 79.6 Å². The minimum Gasteiger partial charge on any atom is -0.389 e. The molecule has 0 amide bonds. The Morgan fingerprint density at radius 2 is 1.69 bits per heavy atom. The second-order valence-corrected chi connectivity index (χ2v) is 5.29. The molecule has 2 rings (SSSR count). The van der Waals surface area contributed by atoms with Crippen LogP contribution in [0.4, 0.5) is 0 Å². The van der Waals surface area contributed by atoms with Gasteiger partial charge in [-0.3, -0.25) is 0 Å². The maximum atomic E-state index is 10.5. The van der Waals surface area contributed by atoms with Gasteiger partial charge in [0.2, 0.25) is 0 Å². The first-order chi connectivity index (χ1) is 5.91. The number of rotatable bonds is 0. The smallest absolute Gasteiger partial charge is 0.0792 e. The van der Waals surface area contributed by atoms with Crippen molar-refractivity contribution in [3.63, 3.8) is 0 Å². The minimum absolute atomic E-state index is 0.0562. The van der Waals surface area contributed by atoms with E-state index in [9.17, 15) is 5.11 Å². The molecular weight excluding hydrogens is 164 g/mol. The summed E-state index contributed by atoms with van der Waals surface area (Å²) in [5.74, 6) is 0. The van der Waals surface area contributed by atoms with E-state index < -0.39 is 5.60 Å². The minimum atomic E-state index is -0.565. The molecule has 1 saturated heterocycles. The highest BCUT2D eigenvalue weighted by molar-refractivity contribution is 5.13. The van der Waals surface area contributed by atoms with Crippen molar-refractivity contribution >= 4 is 0 Å². The molecule has 0 saturated carbocycles. The molecule has 13 heavy (non-hydrogen) atoms. The van der Waals surface area contributed by atoms with E-state index in [-0.39, 0.29) is 17.6 Å². The van der Waals surface area contributed by atoms with E-state index in [0.29, 0.717) is 0 Å². The lowest BCUT2D eigenvalue weighted by Gasteiger charge is -2.45. The summed E-state index contributed by atoms with van der Waals surface area (Å²) in [6.45, 7) is 6.28. The van der Waals surface area contributed by atoms with Gasteiger partial charge in [0.25, 0.3) is 0 Å². The topological polar surface area (TPSA) is 29.5 Å². The van der Waals surface area contributed by atoms with Gasteiger partial charge in [-0.2, -0.15) is 0 Å². The molecule has 1 unspecified atom stereocenters. The van der Waals surface area contributed by atoms with Crippen LogP contribution in [0.2, 0.25) is 0 Å². The van der Waals surface area contributed by atoms with E-state index in [2.05, 4.69) is 32.9 Å². The highest BCUT2D eigenvalue weighted by atomic mass is 16.5. The summed E-state index contributed by atoms with van der Waals surface area (Å²) in [7, 11) is 0. The summed E-state index contributed by atoms with van der Waals surface area (Å²) in [5.41, 5.74) is -0.622. The van der Waals surface area contributed by atoms with Crippen molar-refractivity contribution in [1.29, 1.82) is 0 Å². The van der Waals surface area contributed by atoms with Crippen molar-refractivity contribution in [1.82, 2.24) is 0 Å². The maximum absolute atomic E-state index is 10.5. The van der Waals surface area contributed by atoms with Crippen LogP contribution in [0.5, 0.6) is 0 Å². The second-order valence-electron chi connectivity index (χ2n) is 5.29. The van der Waals surface area contributed by atoms with Crippen molar-refractivity contribution in [2.45, 2.75) is 51.4 Å². The monoisotopic (exact) mass is 182 g/mol. The van der Waals surface area contributed by atoms with Crippen LogP contribution in [-0.2, 0) is 4.74 Å². The summed E-state index contributed by atoms with van der Waals surface area (Å²) in [4.78, 5) is 0. The van der Waals surface area contributed by atoms with Gasteiger partial charge in [-0.1, -0.05) is 32.9 Å². The lowest BCUT2D eigenvalue weighted by Crippen LogP contribution is -2.50. The number of fused-ring (bicyclic) bond motifs is 2. The number of ether oxygens (including phenoxy) is 1. The zero-order chi connectivity index (χ0) is 9.69. The Kier molecular flexibility index (Phi) is 1.83. The SMILES string of the molecule is CC(C)(C)[C@]1(O)CC2C=C[C@@H](C1)O2. The lowest BCUT2D eigenvalue weighted by atomic mass is 9.70. The fourth-order valence-electron chi connectivity index (χ4n) is 2.16. The van der Waals surface area contributed by atoms with E-state index in [1.165, 1.54) is 0 Å². The van der Waals surface area contributed by atoms with Crippen LogP contribution in [-0.4, -0.2) is 22.9 Å². The molecule has 2 bridgehead atoms. The number of hydrogen-bond acceptors (Lipinski definition) is 2. The summed E-state index contributed by atoms with van der Waals surface area (Å²) in [5, 5.41) is 10.5. The van der Waals surface area contributed by atoms with Gasteiger partial charge in [0.15, 0.2) is 0 Å². The van der Waals surface area contributed by atoms with E-state index in [1.54, 1.807) is 0 Å². The molecule has 2 nitrogen and oxygen atoms in total. The van der Waals surface area contributed by atoms with Crippen molar-refractivity contribution < 1.29 is 9.84 Å². The molecule has 0 spiro atoms. The van der Waals surface area contributed by atoms with Crippen molar-refractivity contribution in [3.8, 4) is 0 Å². The normalized spacial score (nSPS) is 44.0. The quantitative estimate of drug-likeness (QED) is 0.580. The van der Waals surface area contributed by atoms with Crippen LogP contribution in [0, 0.1) is 5.41 Å². The number of aliphatic hydroxyl groups is 1. The van der Waals surface area contributed by atoms with Crippen molar-refractivity contribution in [2.75, 3.05) is 0 Å². The van der Waals surface area contributed by atoms with Gasteiger partial charge in [0, 0.05) is 12.8 Å². The molecular formula is C11H18O2. The standard InChI is InChI=1S/C11H18O2/c1-10(2,3)11(12)6-8-4-5-9(7-11)13-8/h4-5,8-9,12H,6-7H2,1-3H3/t8-,9?,11+/m0/s1. The Balaban J connectivity index is 2.19. The molecule has 0 aliphatic carbocycles. The zero-order valence-corrected chi connectivity index (χ0v) is 8.58. The molecule has 2 aliphatic rings. The van der Waals surface area contributed by atoms with Crippen molar-refractivity contribution in [3.05, 3.63) is 12.2 Å². The number of hydrogen-bond donors (Lipinski definition) is 1. The summed E-state index contributed by atoms with van der Waals surface area (Å²) in [6, 6.07) is 0. The van der Waals surface area contributed by atoms with Gasteiger partial charge in [-0.25, -0.2) is 0 Å². The van der Waals surface area contributed by atoms with Crippen LogP contribution in [0.3, 0.4) is 0 Å². The fraction of sp³-hybridized carbons (Fsp3) is 0.818. The van der Waals surface area contributed by atoms with Crippen LogP contribution < -0.4 is 0 Å². The summed E-state index contributed by atoms with van der Waals surface area (Å²) < 4.78 is 5.62. The molecule has 0 aromatic carbocycles. The molecule has 74 valence electrons. The van der Waals surface area contributed by atoms with E-state index in [4.69, 9.17) is 4.74 Å². The van der Waals surface area contributed by atoms with Crippen LogP contribution >= 0.6 is 0 Å². The Hall–Kier alpha value is -0.340. The molecule has 2 heterocycles. The van der Waals surface area contributed by atoms with Gasteiger partial charge < -0.3 is 9.84 Å². The van der Waals surface area contributed by atoms with Gasteiger partial charge >= 0.3 is 0 Å². The average molecular weight is 182 g/mol. The highest BCUT2D eigenvalue weighted by Gasteiger charge is 2.48. The van der Waals surface area contributed by atoms with E-state index >= 15 is 0 Å². The van der Waals surface area contributed by atoms with Gasteiger partial charge in [-0.15, -0.1) is 0 Å². The molecule has 3 atom stereocenters. The molecule has 1 N–H and O–H groups in total. The Bertz CT molecular complexity index is 223. The fourth-order valence-corrected chi connectivity index (χ4v) is 2.16. The third-order valence-corrected chi connectivity index (χ3v) is 3.36. The molecule has 0 aromatic heterocycles. The van der Waals surface area contributed by atoms with Crippen LogP contribution in [0.25, 0.3) is 0 Å². The molecule has 1 fully saturated rings. The Morgan fingerprint density at radius 3 is 2.08 bits per heavy atom. The summed E-state index contributed by atoms with van der Waals surface area (Å²) in [6.07, 6.45) is 5.92.